The SMILES string of the molecule is CCCNC1CC(C)CC(C)C1OCCCC(C)C. The molecule has 2 heteroatoms. The second-order valence-electron chi connectivity index (χ2n) is 6.99. The number of rotatable bonds is 8. The minimum absolute atomic E-state index is 0.426. The highest BCUT2D eigenvalue weighted by Crippen LogP contribution is 2.31. The number of hydrogen-bond acceptors (Lipinski definition) is 2. The molecule has 0 bridgehead atoms. The van der Waals surface area contributed by atoms with Gasteiger partial charge in [-0.2, -0.15) is 0 Å². The standard InChI is InChI=1S/C17H35NO/c1-6-9-18-16-12-14(4)11-15(5)17(16)19-10-7-8-13(2)3/h13-18H,6-12H2,1-5H3. The molecule has 1 N–H and O–H groups in total. The highest BCUT2D eigenvalue weighted by Gasteiger charge is 2.34. The molecule has 0 radical (unpaired) electrons. The number of hydrogen-bond donors (Lipinski definition) is 1. The summed E-state index contributed by atoms with van der Waals surface area (Å²) in [5.41, 5.74) is 0. The molecule has 0 spiro atoms. The van der Waals surface area contributed by atoms with Crippen LogP contribution in [0.1, 0.15) is 66.7 Å². The normalized spacial score (nSPS) is 31.9. The van der Waals surface area contributed by atoms with E-state index in [2.05, 4.69) is 39.9 Å². The summed E-state index contributed by atoms with van der Waals surface area (Å²) in [6.07, 6.45) is 6.72. The molecular weight excluding hydrogens is 234 g/mol. The first-order valence-electron chi connectivity index (χ1n) is 8.39. The summed E-state index contributed by atoms with van der Waals surface area (Å²) in [5, 5.41) is 3.71. The zero-order valence-electron chi connectivity index (χ0n) is 13.7. The van der Waals surface area contributed by atoms with Gasteiger partial charge in [0.25, 0.3) is 0 Å². The van der Waals surface area contributed by atoms with E-state index in [1.54, 1.807) is 0 Å². The third-order valence-electron chi connectivity index (χ3n) is 4.28. The molecule has 114 valence electrons. The molecule has 1 rings (SSSR count). The fraction of sp³-hybridized carbons (Fsp3) is 1.00. The van der Waals surface area contributed by atoms with Crippen LogP contribution in [0.5, 0.6) is 0 Å². The van der Waals surface area contributed by atoms with E-state index in [1.165, 1.54) is 32.1 Å². The van der Waals surface area contributed by atoms with Crippen LogP contribution in [0.3, 0.4) is 0 Å². The Morgan fingerprint density at radius 3 is 2.58 bits per heavy atom. The fourth-order valence-electron chi connectivity index (χ4n) is 3.35. The molecule has 4 atom stereocenters. The molecule has 1 fully saturated rings. The lowest BCUT2D eigenvalue weighted by Gasteiger charge is -2.40. The maximum Gasteiger partial charge on any atom is 0.0753 e. The lowest BCUT2D eigenvalue weighted by atomic mass is 9.78. The van der Waals surface area contributed by atoms with Gasteiger partial charge in [0.2, 0.25) is 0 Å². The Hall–Kier alpha value is -0.0800. The summed E-state index contributed by atoms with van der Waals surface area (Å²) in [5.74, 6) is 2.32. The summed E-state index contributed by atoms with van der Waals surface area (Å²) in [6, 6.07) is 0.567. The first kappa shape index (κ1) is 17.0. The largest absolute Gasteiger partial charge is 0.376 e. The van der Waals surface area contributed by atoms with Gasteiger partial charge in [0.15, 0.2) is 0 Å². The Labute approximate surface area is 120 Å². The molecule has 1 saturated carbocycles. The highest BCUT2D eigenvalue weighted by molar-refractivity contribution is 4.88. The van der Waals surface area contributed by atoms with Crippen LogP contribution in [-0.4, -0.2) is 25.3 Å². The van der Waals surface area contributed by atoms with Crippen LogP contribution < -0.4 is 5.32 Å². The van der Waals surface area contributed by atoms with Crippen LogP contribution in [0.25, 0.3) is 0 Å². The van der Waals surface area contributed by atoms with E-state index in [0.29, 0.717) is 18.1 Å². The fourth-order valence-corrected chi connectivity index (χ4v) is 3.35. The van der Waals surface area contributed by atoms with Gasteiger partial charge in [-0.05, 0) is 56.4 Å². The van der Waals surface area contributed by atoms with Gasteiger partial charge < -0.3 is 10.1 Å². The Balaban J connectivity index is 2.39. The molecule has 0 aliphatic heterocycles. The zero-order chi connectivity index (χ0) is 14.3. The van der Waals surface area contributed by atoms with E-state index in [4.69, 9.17) is 4.74 Å². The van der Waals surface area contributed by atoms with Crippen LogP contribution in [0.15, 0.2) is 0 Å². The van der Waals surface area contributed by atoms with Gasteiger partial charge in [0.05, 0.1) is 6.10 Å². The lowest BCUT2D eigenvalue weighted by molar-refractivity contribution is -0.0393. The van der Waals surface area contributed by atoms with E-state index >= 15 is 0 Å². The van der Waals surface area contributed by atoms with Crippen molar-refractivity contribution in [3.63, 3.8) is 0 Å². The maximum atomic E-state index is 6.24. The Morgan fingerprint density at radius 2 is 1.95 bits per heavy atom. The summed E-state index contributed by atoms with van der Waals surface area (Å²) in [6.45, 7) is 13.6. The monoisotopic (exact) mass is 269 g/mol. The molecule has 0 aromatic rings. The summed E-state index contributed by atoms with van der Waals surface area (Å²) in [4.78, 5) is 0. The molecule has 0 aromatic carbocycles. The van der Waals surface area contributed by atoms with Crippen molar-refractivity contribution >= 4 is 0 Å². The molecule has 0 amide bonds. The van der Waals surface area contributed by atoms with Crippen molar-refractivity contribution in [2.75, 3.05) is 13.2 Å². The second-order valence-corrected chi connectivity index (χ2v) is 6.99. The van der Waals surface area contributed by atoms with E-state index in [-0.39, 0.29) is 0 Å². The minimum Gasteiger partial charge on any atom is -0.376 e. The van der Waals surface area contributed by atoms with Crippen molar-refractivity contribution in [3.8, 4) is 0 Å². The van der Waals surface area contributed by atoms with Crippen molar-refractivity contribution in [1.29, 1.82) is 0 Å². The van der Waals surface area contributed by atoms with Gasteiger partial charge >= 0.3 is 0 Å². The quantitative estimate of drug-likeness (QED) is 0.665. The van der Waals surface area contributed by atoms with Gasteiger partial charge in [-0.1, -0.05) is 34.6 Å². The molecule has 1 aliphatic carbocycles. The van der Waals surface area contributed by atoms with Gasteiger partial charge in [-0.25, -0.2) is 0 Å². The van der Waals surface area contributed by atoms with E-state index in [0.717, 1.165) is 25.0 Å². The molecule has 0 saturated heterocycles. The van der Waals surface area contributed by atoms with Gasteiger partial charge in [-0.3, -0.25) is 0 Å². The van der Waals surface area contributed by atoms with Crippen LogP contribution in [0.4, 0.5) is 0 Å². The summed E-state index contributed by atoms with van der Waals surface area (Å²) < 4.78 is 6.24. The van der Waals surface area contributed by atoms with Gasteiger partial charge in [0.1, 0.15) is 0 Å². The van der Waals surface area contributed by atoms with Gasteiger partial charge in [-0.15, -0.1) is 0 Å². The van der Waals surface area contributed by atoms with Crippen molar-refractivity contribution < 1.29 is 4.74 Å². The maximum absolute atomic E-state index is 6.24. The number of ether oxygens (including phenoxy) is 1. The number of nitrogens with one attached hydrogen (secondary N) is 1. The average molecular weight is 269 g/mol. The van der Waals surface area contributed by atoms with E-state index in [9.17, 15) is 0 Å². The molecule has 1 aliphatic rings. The minimum atomic E-state index is 0.426. The zero-order valence-corrected chi connectivity index (χ0v) is 13.7. The Morgan fingerprint density at radius 1 is 1.21 bits per heavy atom. The van der Waals surface area contributed by atoms with Crippen LogP contribution in [-0.2, 0) is 4.74 Å². The smallest absolute Gasteiger partial charge is 0.0753 e. The van der Waals surface area contributed by atoms with Gasteiger partial charge in [0, 0.05) is 12.6 Å². The predicted octanol–water partition coefficient (Wildman–Crippen LogP) is 4.24. The summed E-state index contributed by atoms with van der Waals surface area (Å²) in [7, 11) is 0. The predicted molar refractivity (Wildman–Crippen MR) is 83.5 cm³/mol. The molecule has 2 nitrogen and oxygen atoms in total. The van der Waals surface area contributed by atoms with Crippen LogP contribution in [0.2, 0.25) is 0 Å². The molecule has 4 unspecified atom stereocenters. The highest BCUT2D eigenvalue weighted by atomic mass is 16.5. The first-order valence-corrected chi connectivity index (χ1v) is 8.39. The lowest BCUT2D eigenvalue weighted by Crippen LogP contribution is -2.49. The van der Waals surface area contributed by atoms with Crippen molar-refractivity contribution in [3.05, 3.63) is 0 Å². The molecule has 0 heterocycles. The van der Waals surface area contributed by atoms with Crippen LogP contribution in [0, 0.1) is 17.8 Å². The average Bonchev–Trinajstić information content (AvgIpc) is 2.33. The first-order chi connectivity index (χ1) is 9.04. The van der Waals surface area contributed by atoms with Crippen molar-refractivity contribution in [2.24, 2.45) is 17.8 Å². The molecule has 0 aromatic heterocycles. The molecular formula is C17H35NO. The Kier molecular flexibility index (Phi) is 8.01. The second kappa shape index (κ2) is 8.97. The van der Waals surface area contributed by atoms with Crippen molar-refractivity contribution in [2.45, 2.75) is 78.9 Å². The molecule has 19 heavy (non-hydrogen) atoms. The van der Waals surface area contributed by atoms with E-state index < -0.39 is 0 Å². The topological polar surface area (TPSA) is 21.3 Å². The third kappa shape index (κ3) is 6.27. The van der Waals surface area contributed by atoms with Crippen molar-refractivity contribution in [1.82, 2.24) is 5.32 Å². The van der Waals surface area contributed by atoms with E-state index in [1.807, 2.05) is 0 Å². The Bertz CT molecular complexity index is 229. The third-order valence-corrected chi connectivity index (χ3v) is 4.28. The summed E-state index contributed by atoms with van der Waals surface area (Å²) >= 11 is 0. The van der Waals surface area contributed by atoms with Crippen LogP contribution >= 0.6 is 0 Å².